The van der Waals surface area contributed by atoms with E-state index in [0.717, 1.165) is 23.3 Å². The molecule has 0 aliphatic carbocycles. The lowest BCUT2D eigenvalue weighted by Gasteiger charge is -2.35. The molecule has 2 aromatic rings. The molecule has 1 aliphatic rings. The van der Waals surface area contributed by atoms with Gasteiger partial charge in [-0.15, -0.1) is 0 Å². The zero-order valence-corrected chi connectivity index (χ0v) is 14.2. The molecule has 0 fully saturated rings. The maximum absolute atomic E-state index is 12.5. The van der Waals surface area contributed by atoms with Gasteiger partial charge in [0, 0.05) is 17.2 Å². The summed E-state index contributed by atoms with van der Waals surface area (Å²) in [6, 6.07) is 13.0. The summed E-state index contributed by atoms with van der Waals surface area (Å²) in [5, 5.41) is 9.26. The number of halogens is 1. The van der Waals surface area contributed by atoms with Crippen LogP contribution in [0.15, 0.2) is 54.6 Å². The average molecular weight is 358 g/mol. The molecule has 3 rings (SSSR count). The maximum atomic E-state index is 12.5. The van der Waals surface area contributed by atoms with Gasteiger partial charge in [-0.25, -0.2) is 4.79 Å². The number of rotatable bonds is 3. The third-order valence-corrected chi connectivity index (χ3v) is 4.14. The van der Waals surface area contributed by atoms with Crippen LogP contribution in [0.1, 0.15) is 17.2 Å². The molecular weight excluding hydrogens is 342 g/mol. The standard InChI is InChI=1S/C19H16ClNO4/c1-12-9-14(20)10-15-19(12)25-16(13-5-3-2-4-6-13)11-21(15)17(22)7-8-18(23)24/h2-10,16H,11H2,1H3,(H,23,24). The molecule has 5 nitrogen and oxygen atoms in total. The Morgan fingerprint density at radius 3 is 2.64 bits per heavy atom. The van der Waals surface area contributed by atoms with Gasteiger partial charge in [-0.2, -0.15) is 0 Å². The van der Waals surface area contributed by atoms with E-state index < -0.39 is 11.9 Å². The SMILES string of the molecule is Cc1cc(Cl)cc2c1OC(c1ccccc1)CN2C(=O)C=CC(=O)O. The molecule has 0 bridgehead atoms. The van der Waals surface area contributed by atoms with Gasteiger partial charge in [-0.05, 0) is 30.2 Å². The number of benzene rings is 2. The molecule has 0 saturated carbocycles. The van der Waals surface area contributed by atoms with E-state index in [1.807, 2.05) is 37.3 Å². The fraction of sp³-hybridized carbons (Fsp3) is 0.158. The lowest BCUT2D eigenvalue weighted by atomic mass is 10.0. The summed E-state index contributed by atoms with van der Waals surface area (Å²) in [5.74, 6) is -1.04. The molecule has 6 heteroatoms. The summed E-state index contributed by atoms with van der Waals surface area (Å²) < 4.78 is 6.12. The Balaban J connectivity index is 2.04. The molecule has 1 aliphatic heterocycles. The average Bonchev–Trinajstić information content (AvgIpc) is 2.59. The van der Waals surface area contributed by atoms with E-state index in [0.29, 0.717) is 16.5 Å². The number of aliphatic carboxylic acids is 1. The summed E-state index contributed by atoms with van der Waals surface area (Å²) in [6.07, 6.45) is 1.51. The van der Waals surface area contributed by atoms with Crippen LogP contribution in [0.5, 0.6) is 5.75 Å². The predicted octanol–water partition coefficient (Wildman–Crippen LogP) is 3.76. The number of aryl methyl sites for hydroxylation is 1. The van der Waals surface area contributed by atoms with Gasteiger partial charge in [0.2, 0.25) is 0 Å². The Hall–Kier alpha value is -2.79. The predicted molar refractivity (Wildman–Crippen MR) is 95.1 cm³/mol. The van der Waals surface area contributed by atoms with E-state index in [-0.39, 0.29) is 12.6 Å². The van der Waals surface area contributed by atoms with Crippen LogP contribution in [-0.4, -0.2) is 23.5 Å². The minimum Gasteiger partial charge on any atom is -0.481 e. The van der Waals surface area contributed by atoms with E-state index in [4.69, 9.17) is 21.4 Å². The first kappa shape index (κ1) is 17.0. The zero-order chi connectivity index (χ0) is 18.0. The van der Waals surface area contributed by atoms with Crippen LogP contribution < -0.4 is 9.64 Å². The number of anilines is 1. The zero-order valence-electron chi connectivity index (χ0n) is 13.5. The Labute approximate surface area is 150 Å². The number of carboxylic acids is 1. The van der Waals surface area contributed by atoms with Crippen molar-refractivity contribution in [2.75, 3.05) is 11.4 Å². The minimum atomic E-state index is -1.18. The van der Waals surface area contributed by atoms with Crippen LogP contribution in [-0.2, 0) is 9.59 Å². The summed E-state index contributed by atoms with van der Waals surface area (Å²) in [4.78, 5) is 24.8. The van der Waals surface area contributed by atoms with E-state index >= 15 is 0 Å². The molecule has 25 heavy (non-hydrogen) atoms. The smallest absolute Gasteiger partial charge is 0.328 e. The molecule has 1 heterocycles. The Kier molecular flexibility index (Phi) is 4.76. The summed E-state index contributed by atoms with van der Waals surface area (Å²) in [5.41, 5.74) is 2.28. The number of carbonyl (C=O) groups is 2. The van der Waals surface area contributed by atoms with Crippen molar-refractivity contribution in [3.05, 3.63) is 70.8 Å². The summed E-state index contributed by atoms with van der Waals surface area (Å²) >= 11 is 6.13. The second-order valence-electron chi connectivity index (χ2n) is 5.71. The van der Waals surface area contributed by atoms with E-state index in [9.17, 15) is 9.59 Å². The van der Waals surface area contributed by atoms with Crippen LogP contribution >= 0.6 is 11.6 Å². The van der Waals surface area contributed by atoms with Gasteiger partial charge in [0.15, 0.2) is 0 Å². The Morgan fingerprint density at radius 1 is 1.24 bits per heavy atom. The number of hydrogen-bond donors (Lipinski definition) is 1. The van der Waals surface area contributed by atoms with Crippen molar-refractivity contribution in [1.82, 2.24) is 0 Å². The number of nitrogens with zero attached hydrogens (tertiary/aromatic N) is 1. The van der Waals surface area contributed by atoms with Crippen LogP contribution in [0.2, 0.25) is 5.02 Å². The molecule has 0 spiro atoms. The number of hydrogen-bond acceptors (Lipinski definition) is 3. The van der Waals surface area contributed by atoms with Crippen molar-refractivity contribution < 1.29 is 19.4 Å². The minimum absolute atomic E-state index is 0.263. The largest absolute Gasteiger partial charge is 0.481 e. The van der Waals surface area contributed by atoms with E-state index in [2.05, 4.69) is 0 Å². The second kappa shape index (κ2) is 6.99. The number of carboxylic acid groups (broad SMARTS) is 1. The second-order valence-corrected chi connectivity index (χ2v) is 6.14. The van der Waals surface area contributed by atoms with Gasteiger partial charge in [0.05, 0.1) is 12.2 Å². The van der Waals surface area contributed by atoms with Gasteiger partial charge >= 0.3 is 5.97 Å². The fourth-order valence-corrected chi connectivity index (χ4v) is 3.06. The molecule has 0 radical (unpaired) electrons. The summed E-state index contributed by atoms with van der Waals surface area (Å²) in [7, 11) is 0. The molecular formula is C19H16ClNO4. The highest BCUT2D eigenvalue weighted by molar-refractivity contribution is 6.31. The molecule has 0 aromatic heterocycles. The van der Waals surface area contributed by atoms with Gasteiger partial charge < -0.3 is 14.7 Å². The van der Waals surface area contributed by atoms with E-state index in [1.165, 1.54) is 4.90 Å². The number of fused-ring (bicyclic) bond motifs is 1. The summed E-state index contributed by atoms with van der Waals surface area (Å²) in [6.45, 7) is 2.12. The van der Waals surface area contributed by atoms with Crippen molar-refractivity contribution >= 4 is 29.2 Å². The van der Waals surface area contributed by atoms with Gasteiger partial charge in [0.1, 0.15) is 11.9 Å². The van der Waals surface area contributed by atoms with Crippen molar-refractivity contribution in [3.63, 3.8) is 0 Å². The van der Waals surface area contributed by atoms with Gasteiger partial charge in [0.25, 0.3) is 5.91 Å². The fourth-order valence-electron chi connectivity index (χ4n) is 2.79. The molecule has 1 atom stereocenters. The normalized spacial score (nSPS) is 16.4. The third-order valence-electron chi connectivity index (χ3n) is 3.92. The van der Waals surface area contributed by atoms with Crippen molar-refractivity contribution in [3.8, 4) is 5.75 Å². The highest BCUT2D eigenvalue weighted by atomic mass is 35.5. The van der Waals surface area contributed by atoms with Gasteiger partial charge in [-0.1, -0.05) is 41.9 Å². The first-order chi connectivity index (χ1) is 12.0. The van der Waals surface area contributed by atoms with Crippen molar-refractivity contribution in [2.45, 2.75) is 13.0 Å². The highest BCUT2D eigenvalue weighted by Gasteiger charge is 2.31. The molecule has 2 aromatic carbocycles. The first-order valence-electron chi connectivity index (χ1n) is 7.70. The van der Waals surface area contributed by atoms with E-state index in [1.54, 1.807) is 12.1 Å². The number of carbonyl (C=O) groups excluding carboxylic acids is 1. The topological polar surface area (TPSA) is 66.8 Å². The molecule has 1 unspecified atom stereocenters. The van der Waals surface area contributed by atoms with Crippen molar-refractivity contribution in [1.29, 1.82) is 0 Å². The number of amides is 1. The van der Waals surface area contributed by atoms with Crippen molar-refractivity contribution in [2.24, 2.45) is 0 Å². The Bertz CT molecular complexity index is 848. The number of ether oxygens (including phenoxy) is 1. The van der Waals surface area contributed by atoms with Crippen LogP contribution in [0.3, 0.4) is 0 Å². The lowest BCUT2D eigenvalue weighted by Crippen LogP contribution is -2.39. The van der Waals surface area contributed by atoms with Crippen LogP contribution in [0.4, 0.5) is 5.69 Å². The quantitative estimate of drug-likeness (QED) is 0.849. The Morgan fingerprint density at radius 2 is 1.96 bits per heavy atom. The highest BCUT2D eigenvalue weighted by Crippen LogP contribution is 2.42. The third kappa shape index (κ3) is 3.67. The van der Waals surface area contributed by atoms with Crippen LogP contribution in [0, 0.1) is 6.92 Å². The molecule has 1 N–H and O–H groups in total. The molecule has 0 saturated heterocycles. The van der Waals surface area contributed by atoms with Gasteiger partial charge in [-0.3, -0.25) is 4.79 Å². The maximum Gasteiger partial charge on any atom is 0.328 e. The molecule has 1 amide bonds. The first-order valence-corrected chi connectivity index (χ1v) is 8.08. The van der Waals surface area contributed by atoms with Crippen LogP contribution in [0.25, 0.3) is 0 Å². The lowest BCUT2D eigenvalue weighted by molar-refractivity contribution is -0.131. The monoisotopic (exact) mass is 357 g/mol. The molecule has 128 valence electrons.